The number of benzene rings is 1. The highest BCUT2D eigenvalue weighted by Gasteiger charge is 2.42. The van der Waals surface area contributed by atoms with Crippen LogP contribution in [0, 0.1) is 10.1 Å². The number of hydrogen-bond acceptors (Lipinski definition) is 5. The van der Waals surface area contributed by atoms with Gasteiger partial charge in [-0.25, -0.2) is 0 Å². The van der Waals surface area contributed by atoms with Gasteiger partial charge in [0.1, 0.15) is 11.9 Å². The second kappa shape index (κ2) is 4.91. The minimum Gasteiger partial charge on any atom is -0.485 e. The summed E-state index contributed by atoms with van der Waals surface area (Å²) in [7, 11) is 1.43. The topological polar surface area (TPSA) is 78.7 Å². The number of hydrogen-bond donors (Lipinski definition) is 0. The highest BCUT2D eigenvalue weighted by Crippen LogP contribution is 2.32. The predicted molar refractivity (Wildman–Crippen MR) is 62.9 cm³/mol. The Bertz CT molecular complexity index is 504. The van der Waals surface area contributed by atoms with E-state index < -0.39 is 11.0 Å². The number of carbonyl (C=O) groups excluding carboxylic acids is 1. The van der Waals surface area contributed by atoms with Crippen molar-refractivity contribution in [2.24, 2.45) is 0 Å². The average Bonchev–Trinajstić information content (AvgIpc) is 2.30. The molecule has 0 bridgehead atoms. The predicted octanol–water partition coefficient (Wildman–Crippen LogP) is 1.98. The van der Waals surface area contributed by atoms with Crippen LogP contribution in [0.1, 0.15) is 6.42 Å². The standard InChI is InChI=1S/C11H10ClNO5/c1-17-11-8(14)5-10(11)18-9-3-2-6(13(15)16)4-7(9)12/h2-4,10-11H,5H2,1H3. The molecule has 7 heteroatoms. The van der Waals surface area contributed by atoms with Gasteiger partial charge in [-0.3, -0.25) is 14.9 Å². The van der Waals surface area contributed by atoms with Crippen molar-refractivity contribution in [1.29, 1.82) is 0 Å². The number of non-ortho nitro benzene ring substituents is 1. The van der Waals surface area contributed by atoms with Gasteiger partial charge in [0, 0.05) is 25.7 Å². The van der Waals surface area contributed by atoms with Crippen LogP contribution in [0.5, 0.6) is 5.75 Å². The second-order valence-corrected chi connectivity index (χ2v) is 4.26. The monoisotopic (exact) mass is 271 g/mol. The largest absolute Gasteiger partial charge is 0.485 e. The van der Waals surface area contributed by atoms with E-state index in [1.165, 1.54) is 25.3 Å². The Hall–Kier alpha value is -1.66. The lowest BCUT2D eigenvalue weighted by molar-refractivity contribution is -0.384. The Morgan fingerprint density at radius 2 is 2.22 bits per heavy atom. The van der Waals surface area contributed by atoms with Gasteiger partial charge in [-0.15, -0.1) is 0 Å². The van der Waals surface area contributed by atoms with E-state index in [0.717, 1.165) is 0 Å². The Kier molecular flexibility index (Phi) is 3.49. The second-order valence-electron chi connectivity index (χ2n) is 3.85. The van der Waals surface area contributed by atoms with Crippen molar-refractivity contribution in [2.75, 3.05) is 7.11 Å². The maximum absolute atomic E-state index is 11.2. The number of nitrogens with zero attached hydrogens (tertiary/aromatic N) is 1. The third kappa shape index (κ3) is 2.30. The van der Waals surface area contributed by atoms with Crippen LogP contribution in [0.2, 0.25) is 5.02 Å². The summed E-state index contributed by atoms with van der Waals surface area (Å²) in [5, 5.41) is 10.7. The van der Waals surface area contributed by atoms with E-state index in [2.05, 4.69) is 0 Å². The van der Waals surface area contributed by atoms with E-state index in [9.17, 15) is 14.9 Å². The molecule has 0 N–H and O–H groups in total. The van der Waals surface area contributed by atoms with E-state index >= 15 is 0 Å². The summed E-state index contributed by atoms with van der Waals surface area (Å²) < 4.78 is 10.4. The van der Waals surface area contributed by atoms with Crippen LogP contribution in [0.15, 0.2) is 18.2 Å². The Balaban J connectivity index is 2.11. The molecule has 0 radical (unpaired) electrons. The number of ketones is 1. The number of nitro benzene ring substituents is 1. The summed E-state index contributed by atoms with van der Waals surface area (Å²) in [6, 6.07) is 3.92. The van der Waals surface area contributed by atoms with Crippen LogP contribution in [0.4, 0.5) is 5.69 Å². The van der Waals surface area contributed by atoms with Gasteiger partial charge in [-0.1, -0.05) is 11.6 Å². The molecule has 0 aliphatic heterocycles. The van der Waals surface area contributed by atoms with Crippen LogP contribution < -0.4 is 4.74 Å². The number of ether oxygens (including phenoxy) is 2. The van der Waals surface area contributed by atoms with Crippen LogP contribution in [0.3, 0.4) is 0 Å². The van der Waals surface area contributed by atoms with Crippen molar-refractivity contribution < 1.29 is 19.2 Å². The molecule has 1 aromatic rings. The first-order valence-electron chi connectivity index (χ1n) is 5.19. The minimum absolute atomic E-state index is 0.0273. The quantitative estimate of drug-likeness (QED) is 0.618. The van der Waals surface area contributed by atoms with Gasteiger partial charge in [-0.2, -0.15) is 0 Å². The zero-order chi connectivity index (χ0) is 13.3. The molecule has 0 amide bonds. The molecule has 6 nitrogen and oxygen atoms in total. The summed E-state index contributed by atoms with van der Waals surface area (Å²) >= 11 is 5.87. The van der Waals surface area contributed by atoms with Crippen molar-refractivity contribution in [3.8, 4) is 5.75 Å². The number of halogens is 1. The van der Waals surface area contributed by atoms with Crippen molar-refractivity contribution >= 4 is 23.1 Å². The van der Waals surface area contributed by atoms with E-state index in [1.54, 1.807) is 0 Å². The average molecular weight is 272 g/mol. The van der Waals surface area contributed by atoms with E-state index in [4.69, 9.17) is 21.1 Å². The fourth-order valence-electron chi connectivity index (χ4n) is 1.72. The smallest absolute Gasteiger partial charge is 0.271 e. The molecule has 0 spiro atoms. The fourth-order valence-corrected chi connectivity index (χ4v) is 1.94. The zero-order valence-electron chi connectivity index (χ0n) is 9.46. The van der Waals surface area contributed by atoms with Gasteiger partial charge in [0.15, 0.2) is 11.9 Å². The van der Waals surface area contributed by atoms with Crippen LogP contribution >= 0.6 is 11.6 Å². The lowest BCUT2D eigenvalue weighted by atomic mass is 9.90. The summed E-state index contributed by atoms with van der Waals surface area (Å²) in [4.78, 5) is 21.2. The molecule has 0 heterocycles. The summed E-state index contributed by atoms with van der Waals surface area (Å²) in [6.07, 6.45) is -0.719. The maximum Gasteiger partial charge on any atom is 0.271 e. The van der Waals surface area contributed by atoms with E-state index in [-0.39, 0.29) is 29.0 Å². The SMILES string of the molecule is COC1C(=O)CC1Oc1ccc([N+](=O)[O-])cc1Cl. The Morgan fingerprint density at radius 3 is 2.72 bits per heavy atom. The molecular formula is C11H10ClNO5. The summed E-state index contributed by atoms with van der Waals surface area (Å²) in [5.74, 6) is 0.280. The van der Waals surface area contributed by atoms with Gasteiger partial charge in [0.05, 0.1) is 9.95 Å². The van der Waals surface area contributed by atoms with Crippen molar-refractivity contribution in [1.82, 2.24) is 0 Å². The zero-order valence-corrected chi connectivity index (χ0v) is 10.2. The van der Waals surface area contributed by atoms with Gasteiger partial charge >= 0.3 is 0 Å². The molecule has 1 saturated carbocycles. The summed E-state index contributed by atoms with van der Waals surface area (Å²) in [6.45, 7) is 0. The summed E-state index contributed by atoms with van der Waals surface area (Å²) in [5.41, 5.74) is -0.111. The first-order valence-corrected chi connectivity index (χ1v) is 5.57. The number of Topliss-reactive ketones (excluding diaryl/α,β-unsaturated/α-hetero) is 1. The van der Waals surface area contributed by atoms with Crippen molar-refractivity contribution in [2.45, 2.75) is 18.6 Å². The lowest BCUT2D eigenvalue weighted by Gasteiger charge is -2.33. The third-order valence-corrected chi connectivity index (χ3v) is 3.01. The Morgan fingerprint density at radius 1 is 1.50 bits per heavy atom. The molecular weight excluding hydrogens is 262 g/mol. The Labute approximate surface area is 108 Å². The molecule has 1 fully saturated rings. The molecule has 1 aliphatic carbocycles. The molecule has 18 heavy (non-hydrogen) atoms. The first kappa shape index (κ1) is 12.8. The highest BCUT2D eigenvalue weighted by molar-refractivity contribution is 6.32. The van der Waals surface area contributed by atoms with E-state index in [1.807, 2.05) is 0 Å². The first-order chi connectivity index (χ1) is 8.52. The normalized spacial score (nSPS) is 22.4. The number of methoxy groups -OCH3 is 1. The maximum atomic E-state index is 11.2. The van der Waals surface area contributed by atoms with Crippen molar-refractivity contribution in [3.05, 3.63) is 33.3 Å². The molecule has 96 valence electrons. The molecule has 1 aliphatic rings. The third-order valence-electron chi connectivity index (χ3n) is 2.72. The van der Waals surface area contributed by atoms with Gasteiger partial charge in [0.2, 0.25) is 0 Å². The van der Waals surface area contributed by atoms with Crippen LogP contribution in [0.25, 0.3) is 0 Å². The molecule has 2 atom stereocenters. The molecule has 2 rings (SSSR count). The number of nitro groups is 1. The van der Waals surface area contributed by atoms with Gasteiger partial charge < -0.3 is 9.47 Å². The highest BCUT2D eigenvalue weighted by atomic mass is 35.5. The van der Waals surface area contributed by atoms with Crippen molar-refractivity contribution in [3.63, 3.8) is 0 Å². The van der Waals surface area contributed by atoms with E-state index in [0.29, 0.717) is 5.75 Å². The molecule has 0 saturated heterocycles. The number of carbonyl (C=O) groups is 1. The molecule has 1 aromatic carbocycles. The fraction of sp³-hybridized carbons (Fsp3) is 0.364. The minimum atomic E-state index is -0.587. The lowest BCUT2D eigenvalue weighted by Crippen LogP contribution is -2.51. The van der Waals surface area contributed by atoms with Gasteiger partial charge in [0.25, 0.3) is 5.69 Å². The van der Waals surface area contributed by atoms with Crippen LogP contribution in [-0.4, -0.2) is 30.0 Å². The van der Waals surface area contributed by atoms with Gasteiger partial charge in [-0.05, 0) is 6.07 Å². The van der Waals surface area contributed by atoms with Crippen LogP contribution in [-0.2, 0) is 9.53 Å². The number of rotatable bonds is 4. The molecule has 0 aromatic heterocycles. The molecule has 2 unspecified atom stereocenters.